The predicted molar refractivity (Wildman–Crippen MR) is 122 cm³/mol. The van der Waals surface area contributed by atoms with Crippen LogP contribution in [-0.2, 0) is 14.8 Å². The Kier molecular flexibility index (Phi) is 6.45. The van der Waals surface area contributed by atoms with Crippen LogP contribution in [0.1, 0.15) is 23.2 Å². The summed E-state index contributed by atoms with van der Waals surface area (Å²) in [6.45, 7) is 0.469. The summed E-state index contributed by atoms with van der Waals surface area (Å²) in [6.07, 6.45) is 0.741. The molecule has 32 heavy (non-hydrogen) atoms. The van der Waals surface area contributed by atoms with Crippen molar-refractivity contribution in [3.8, 4) is 0 Å². The van der Waals surface area contributed by atoms with Gasteiger partial charge < -0.3 is 0 Å². The zero-order chi connectivity index (χ0) is 22.7. The van der Waals surface area contributed by atoms with Crippen molar-refractivity contribution in [3.63, 3.8) is 0 Å². The maximum Gasteiger partial charge on any atom is 0.269 e. The monoisotopic (exact) mass is 471 g/mol. The third-order valence-electron chi connectivity index (χ3n) is 5.59. The number of sulfonamides is 1. The van der Waals surface area contributed by atoms with E-state index in [1.54, 1.807) is 42.5 Å². The van der Waals surface area contributed by atoms with Gasteiger partial charge in [-0.05, 0) is 60.0 Å². The molecule has 1 aliphatic heterocycles. The summed E-state index contributed by atoms with van der Waals surface area (Å²) in [5.41, 5.74) is 5.18. The highest BCUT2D eigenvalue weighted by Gasteiger charge is 2.32. The molecule has 2 amide bonds. The van der Waals surface area contributed by atoms with E-state index < -0.39 is 15.9 Å². The molecule has 0 unspecified atom stereocenters. The number of nitrogens with zero attached hydrogens (tertiary/aromatic N) is 1. The molecular formula is C23H22ClN3O4S. The molecule has 1 heterocycles. The predicted octanol–water partition coefficient (Wildman–Crippen LogP) is 3.36. The molecule has 0 aliphatic carbocycles. The molecule has 7 nitrogen and oxygen atoms in total. The number of carbonyl (C=O) groups is 2. The van der Waals surface area contributed by atoms with Gasteiger partial charge in [-0.3, -0.25) is 20.4 Å². The first-order valence-corrected chi connectivity index (χ1v) is 12.0. The van der Waals surface area contributed by atoms with Crippen molar-refractivity contribution >= 4 is 44.2 Å². The molecule has 0 spiro atoms. The van der Waals surface area contributed by atoms with Crippen LogP contribution in [0.25, 0.3) is 10.8 Å². The first kappa shape index (κ1) is 22.3. The molecule has 1 saturated heterocycles. The highest BCUT2D eigenvalue weighted by molar-refractivity contribution is 7.89. The van der Waals surface area contributed by atoms with Gasteiger partial charge >= 0.3 is 0 Å². The van der Waals surface area contributed by atoms with E-state index in [-0.39, 0.29) is 29.8 Å². The molecule has 3 aromatic rings. The Morgan fingerprint density at radius 2 is 1.53 bits per heavy atom. The van der Waals surface area contributed by atoms with Gasteiger partial charge in [0.2, 0.25) is 15.9 Å². The normalized spacial score (nSPS) is 15.4. The quantitative estimate of drug-likeness (QED) is 0.570. The van der Waals surface area contributed by atoms with Crippen LogP contribution in [0, 0.1) is 5.92 Å². The molecule has 166 valence electrons. The Labute approximate surface area is 191 Å². The average Bonchev–Trinajstić information content (AvgIpc) is 2.82. The van der Waals surface area contributed by atoms with E-state index in [4.69, 9.17) is 11.6 Å². The Hall–Kier alpha value is -2.94. The maximum atomic E-state index is 13.1. The van der Waals surface area contributed by atoms with Crippen molar-refractivity contribution < 1.29 is 18.0 Å². The highest BCUT2D eigenvalue weighted by Crippen LogP contribution is 2.26. The lowest BCUT2D eigenvalue weighted by molar-refractivity contribution is -0.126. The summed E-state index contributed by atoms with van der Waals surface area (Å²) in [7, 11) is -3.65. The molecule has 9 heteroatoms. The fourth-order valence-electron chi connectivity index (χ4n) is 3.73. The summed E-state index contributed by atoms with van der Waals surface area (Å²) in [6, 6.07) is 19.0. The minimum Gasteiger partial charge on any atom is -0.273 e. The number of rotatable bonds is 4. The van der Waals surface area contributed by atoms with Crippen LogP contribution < -0.4 is 10.9 Å². The van der Waals surface area contributed by atoms with Gasteiger partial charge in [0.1, 0.15) is 0 Å². The molecule has 0 radical (unpaired) electrons. The zero-order valence-corrected chi connectivity index (χ0v) is 18.7. The van der Waals surface area contributed by atoms with E-state index in [1.165, 1.54) is 4.31 Å². The summed E-state index contributed by atoms with van der Waals surface area (Å²) >= 11 is 5.81. The van der Waals surface area contributed by atoms with Gasteiger partial charge in [-0.15, -0.1) is 0 Å². The molecule has 0 saturated carbocycles. The lowest BCUT2D eigenvalue weighted by atomic mass is 9.98. The number of amides is 2. The van der Waals surface area contributed by atoms with Gasteiger partial charge in [-0.25, -0.2) is 8.42 Å². The van der Waals surface area contributed by atoms with Crippen LogP contribution in [0.15, 0.2) is 71.6 Å². The standard InChI is InChI=1S/C23H22ClN3O4S/c24-20-8-5-17(6-9-20)22(28)25-26-23(29)18-11-13-27(14-12-18)32(30,31)21-10-7-16-3-1-2-4-19(16)15-21/h1-10,15,18H,11-14H2,(H,25,28)(H,26,29). The van der Waals surface area contributed by atoms with Crippen molar-refractivity contribution in [1.29, 1.82) is 0 Å². The van der Waals surface area contributed by atoms with Gasteiger partial charge in [0.15, 0.2) is 0 Å². The number of benzene rings is 3. The van der Waals surface area contributed by atoms with E-state index in [0.29, 0.717) is 23.4 Å². The summed E-state index contributed by atoms with van der Waals surface area (Å²) < 4.78 is 27.5. The topological polar surface area (TPSA) is 95.6 Å². The van der Waals surface area contributed by atoms with Gasteiger partial charge in [0.05, 0.1) is 4.90 Å². The van der Waals surface area contributed by atoms with Gasteiger partial charge in [-0.2, -0.15) is 4.31 Å². The Balaban J connectivity index is 1.34. The van der Waals surface area contributed by atoms with E-state index in [2.05, 4.69) is 10.9 Å². The van der Waals surface area contributed by atoms with E-state index in [9.17, 15) is 18.0 Å². The summed E-state index contributed by atoms with van der Waals surface area (Å²) in [5, 5.41) is 2.35. The highest BCUT2D eigenvalue weighted by atomic mass is 35.5. The van der Waals surface area contributed by atoms with E-state index >= 15 is 0 Å². The Morgan fingerprint density at radius 1 is 0.875 bits per heavy atom. The number of piperidine rings is 1. The minimum atomic E-state index is -3.65. The number of hydrogen-bond donors (Lipinski definition) is 2. The third-order valence-corrected chi connectivity index (χ3v) is 7.74. The Morgan fingerprint density at radius 3 is 2.22 bits per heavy atom. The van der Waals surface area contributed by atoms with Crippen LogP contribution in [0.2, 0.25) is 5.02 Å². The van der Waals surface area contributed by atoms with Gasteiger partial charge in [0.25, 0.3) is 5.91 Å². The number of fused-ring (bicyclic) bond motifs is 1. The second kappa shape index (κ2) is 9.28. The zero-order valence-electron chi connectivity index (χ0n) is 17.1. The Bertz CT molecular complexity index is 1250. The van der Waals surface area contributed by atoms with Crippen LogP contribution in [0.3, 0.4) is 0 Å². The van der Waals surface area contributed by atoms with Gasteiger partial charge in [-0.1, -0.05) is 41.9 Å². The molecule has 0 bridgehead atoms. The third kappa shape index (κ3) is 4.77. The first-order valence-electron chi connectivity index (χ1n) is 10.2. The number of hydrazine groups is 1. The van der Waals surface area contributed by atoms with Crippen LogP contribution >= 0.6 is 11.6 Å². The van der Waals surface area contributed by atoms with Crippen molar-refractivity contribution in [1.82, 2.24) is 15.2 Å². The maximum absolute atomic E-state index is 13.1. The van der Waals surface area contributed by atoms with Crippen LogP contribution in [0.5, 0.6) is 0 Å². The second-order valence-electron chi connectivity index (χ2n) is 7.64. The SMILES string of the molecule is O=C(NNC(=O)C1CCN(S(=O)(=O)c2ccc3ccccc3c2)CC1)c1ccc(Cl)cc1. The summed E-state index contributed by atoms with van der Waals surface area (Å²) in [5.74, 6) is -1.18. The smallest absolute Gasteiger partial charge is 0.269 e. The van der Waals surface area contributed by atoms with E-state index in [1.807, 2.05) is 24.3 Å². The number of carbonyl (C=O) groups excluding carboxylic acids is 2. The number of nitrogens with one attached hydrogen (secondary N) is 2. The molecule has 1 fully saturated rings. The first-order chi connectivity index (χ1) is 15.3. The molecule has 1 aliphatic rings. The fraction of sp³-hybridized carbons (Fsp3) is 0.217. The molecule has 0 aromatic heterocycles. The molecule has 3 aromatic carbocycles. The van der Waals surface area contributed by atoms with Crippen molar-refractivity contribution in [2.24, 2.45) is 5.92 Å². The minimum absolute atomic E-state index is 0.235. The van der Waals surface area contributed by atoms with Crippen molar-refractivity contribution in [2.75, 3.05) is 13.1 Å². The number of hydrogen-bond acceptors (Lipinski definition) is 4. The molecule has 0 atom stereocenters. The van der Waals surface area contributed by atoms with Crippen LogP contribution in [-0.4, -0.2) is 37.6 Å². The van der Waals surface area contributed by atoms with Crippen LogP contribution in [0.4, 0.5) is 0 Å². The van der Waals surface area contributed by atoms with Crippen molar-refractivity contribution in [2.45, 2.75) is 17.7 Å². The lowest BCUT2D eigenvalue weighted by Crippen LogP contribution is -2.48. The lowest BCUT2D eigenvalue weighted by Gasteiger charge is -2.30. The molecular weight excluding hydrogens is 450 g/mol. The fourth-order valence-corrected chi connectivity index (χ4v) is 5.36. The average molecular weight is 472 g/mol. The number of halogens is 1. The molecule has 4 rings (SSSR count). The second-order valence-corrected chi connectivity index (χ2v) is 10.0. The molecule has 2 N–H and O–H groups in total. The largest absolute Gasteiger partial charge is 0.273 e. The van der Waals surface area contributed by atoms with Gasteiger partial charge in [0, 0.05) is 29.6 Å². The van der Waals surface area contributed by atoms with E-state index in [0.717, 1.165) is 10.8 Å². The van der Waals surface area contributed by atoms with Crippen molar-refractivity contribution in [3.05, 3.63) is 77.3 Å². The summed E-state index contributed by atoms with van der Waals surface area (Å²) in [4.78, 5) is 24.8.